The van der Waals surface area contributed by atoms with Crippen molar-refractivity contribution < 1.29 is 0 Å². The zero-order valence-corrected chi connectivity index (χ0v) is 7.29. The van der Waals surface area contributed by atoms with Crippen molar-refractivity contribution >= 4 is 11.8 Å². The van der Waals surface area contributed by atoms with Gasteiger partial charge in [-0.1, -0.05) is 11.6 Å². The lowest BCUT2D eigenvalue weighted by molar-refractivity contribution is 0.769. The highest BCUT2D eigenvalue weighted by Crippen LogP contribution is 2.20. The predicted octanol–water partition coefficient (Wildman–Crippen LogP) is 1.79. The van der Waals surface area contributed by atoms with Crippen molar-refractivity contribution in [3.05, 3.63) is 11.6 Å². The Hall–Kier alpha value is 0.0500. The van der Waals surface area contributed by atoms with E-state index in [9.17, 15) is 0 Å². The lowest BCUT2D eigenvalue weighted by atomic mass is 10.2. The van der Waals surface area contributed by atoms with Gasteiger partial charge in [0.05, 0.1) is 0 Å². The Labute approximate surface area is 67.1 Å². The molecule has 0 aliphatic heterocycles. The zero-order chi connectivity index (χ0) is 7.40. The maximum absolute atomic E-state index is 5.71. The molecule has 2 heteroatoms. The van der Waals surface area contributed by atoms with Crippen LogP contribution in [-0.4, -0.2) is 18.1 Å². The van der Waals surface area contributed by atoms with Crippen molar-refractivity contribution in [1.29, 1.82) is 0 Å². The van der Waals surface area contributed by atoms with E-state index in [2.05, 4.69) is 12.3 Å². The van der Waals surface area contributed by atoms with Crippen LogP contribution in [-0.2, 0) is 0 Å². The summed E-state index contributed by atoms with van der Waals surface area (Å²) in [5, 5.41) is 0. The fourth-order valence-electron chi connectivity index (χ4n) is 1.26. The van der Waals surface area contributed by atoms with Gasteiger partial charge in [-0.15, -0.1) is 0 Å². The van der Waals surface area contributed by atoms with Gasteiger partial charge in [0.15, 0.2) is 0 Å². The van der Waals surface area contributed by atoms with Crippen molar-refractivity contribution in [3.63, 3.8) is 0 Å². The molecule has 0 spiro atoms. The van der Waals surface area contributed by atoms with Crippen LogP contribution < -0.4 is 5.73 Å². The summed E-state index contributed by atoms with van der Waals surface area (Å²) in [6, 6.07) is 0.358. The highest BCUT2D eigenvalue weighted by molar-refractivity contribution is 7.98. The highest BCUT2D eigenvalue weighted by atomic mass is 32.2. The van der Waals surface area contributed by atoms with Crippen LogP contribution in [0.3, 0.4) is 0 Å². The molecule has 2 N–H and O–H groups in total. The highest BCUT2D eigenvalue weighted by Gasteiger charge is 2.10. The van der Waals surface area contributed by atoms with E-state index in [0.29, 0.717) is 6.04 Å². The molecule has 0 aromatic carbocycles. The molecule has 58 valence electrons. The smallest absolute Gasteiger partial charge is 0.0229 e. The molecule has 10 heavy (non-hydrogen) atoms. The van der Waals surface area contributed by atoms with Gasteiger partial charge in [0.2, 0.25) is 0 Å². The largest absolute Gasteiger partial charge is 0.324 e. The molecule has 0 aromatic heterocycles. The average molecular weight is 157 g/mol. The van der Waals surface area contributed by atoms with E-state index in [1.54, 1.807) is 5.57 Å². The van der Waals surface area contributed by atoms with Crippen LogP contribution in [0.1, 0.15) is 19.3 Å². The second-order valence-corrected chi connectivity index (χ2v) is 3.76. The molecule has 0 fully saturated rings. The van der Waals surface area contributed by atoms with E-state index < -0.39 is 0 Å². The summed E-state index contributed by atoms with van der Waals surface area (Å²) in [6.07, 6.45) is 8.03. The summed E-state index contributed by atoms with van der Waals surface area (Å²) in [4.78, 5) is 0. The summed E-state index contributed by atoms with van der Waals surface area (Å²) in [7, 11) is 0. The Morgan fingerprint density at radius 2 is 2.60 bits per heavy atom. The van der Waals surface area contributed by atoms with Crippen LogP contribution in [0.4, 0.5) is 0 Å². The summed E-state index contributed by atoms with van der Waals surface area (Å²) < 4.78 is 0. The molecule has 0 aromatic rings. The van der Waals surface area contributed by atoms with Crippen LogP contribution in [0.2, 0.25) is 0 Å². The van der Waals surface area contributed by atoms with E-state index in [1.165, 1.54) is 25.0 Å². The van der Waals surface area contributed by atoms with Gasteiger partial charge in [-0.25, -0.2) is 0 Å². The SMILES string of the molecule is CSCCC1=CC(N)CC1. The van der Waals surface area contributed by atoms with E-state index in [1.807, 2.05) is 11.8 Å². The maximum Gasteiger partial charge on any atom is 0.0229 e. The first-order chi connectivity index (χ1) is 4.83. The molecule has 1 rings (SSSR count). The molecule has 1 aliphatic rings. The number of rotatable bonds is 3. The third-order valence-electron chi connectivity index (χ3n) is 1.88. The normalized spacial score (nSPS) is 25.0. The third kappa shape index (κ3) is 2.35. The molecule has 0 heterocycles. The van der Waals surface area contributed by atoms with Gasteiger partial charge in [0.1, 0.15) is 0 Å². The molecular weight excluding hydrogens is 142 g/mol. The van der Waals surface area contributed by atoms with E-state index in [-0.39, 0.29) is 0 Å². The number of nitrogens with two attached hydrogens (primary N) is 1. The molecule has 1 atom stereocenters. The molecule has 0 saturated heterocycles. The first kappa shape index (κ1) is 8.15. The van der Waals surface area contributed by atoms with Crippen molar-refractivity contribution in [2.75, 3.05) is 12.0 Å². The number of hydrogen-bond donors (Lipinski definition) is 1. The first-order valence-corrected chi connectivity index (χ1v) is 5.16. The molecule has 0 bridgehead atoms. The van der Waals surface area contributed by atoms with Gasteiger partial charge in [-0.05, 0) is 31.3 Å². The van der Waals surface area contributed by atoms with E-state index in [4.69, 9.17) is 5.73 Å². The molecule has 0 saturated carbocycles. The van der Waals surface area contributed by atoms with Gasteiger partial charge in [0.25, 0.3) is 0 Å². The van der Waals surface area contributed by atoms with Gasteiger partial charge >= 0.3 is 0 Å². The number of thioether (sulfide) groups is 1. The Bertz CT molecular complexity index is 131. The summed E-state index contributed by atoms with van der Waals surface area (Å²) in [5.41, 5.74) is 7.28. The predicted molar refractivity (Wildman–Crippen MR) is 48.3 cm³/mol. The maximum atomic E-state index is 5.71. The third-order valence-corrected chi connectivity index (χ3v) is 2.49. The van der Waals surface area contributed by atoms with Crippen molar-refractivity contribution in [2.24, 2.45) is 5.73 Å². The van der Waals surface area contributed by atoms with Gasteiger partial charge in [-0.3, -0.25) is 0 Å². The monoisotopic (exact) mass is 157 g/mol. The van der Waals surface area contributed by atoms with Crippen molar-refractivity contribution in [1.82, 2.24) is 0 Å². The van der Waals surface area contributed by atoms with Crippen LogP contribution in [0.5, 0.6) is 0 Å². The second kappa shape index (κ2) is 4.04. The number of allylic oxidation sites excluding steroid dienone is 1. The van der Waals surface area contributed by atoms with Gasteiger partial charge in [0, 0.05) is 6.04 Å². The fraction of sp³-hybridized carbons (Fsp3) is 0.750. The quantitative estimate of drug-likeness (QED) is 0.632. The second-order valence-electron chi connectivity index (χ2n) is 2.77. The zero-order valence-electron chi connectivity index (χ0n) is 6.47. The topological polar surface area (TPSA) is 26.0 Å². The average Bonchev–Trinajstić information content (AvgIpc) is 2.31. The lowest BCUT2D eigenvalue weighted by Gasteiger charge is -1.96. The first-order valence-electron chi connectivity index (χ1n) is 3.77. The van der Waals surface area contributed by atoms with E-state index >= 15 is 0 Å². The molecule has 1 nitrogen and oxygen atoms in total. The lowest BCUT2D eigenvalue weighted by Crippen LogP contribution is -2.11. The summed E-state index contributed by atoms with van der Waals surface area (Å²) in [5.74, 6) is 1.25. The fourth-order valence-corrected chi connectivity index (χ4v) is 1.73. The number of hydrogen-bond acceptors (Lipinski definition) is 2. The molecule has 0 radical (unpaired) electrons. The van der Waals surface area contributed by atoms with Crippen LogP contribution in [0, 0.1) is 0 Å². The molecular formula is C8H15NS. The minimum Gasteiger partial charge on any atom is -0.324 e. The Morgan fingerprint density at radius 3 is 3.10 bits per heavy atom. The summed E-state index contributed by atoms with van der Waals surface area (Å²) >= 11 is 1.91. The van der Waals surface area contributed by atoms with Crippen molar-refractivity contribution in [2.45, 2.75) is 25.3 Å². The Kier molecular flexibility index (Phi) is 3.29. The molecule has 1 unspecified atom stereocenters. The van der Waals surface area contributed by atoms with Crippen LogP contribution >= 0.6 is 11.8 Å². The minimum absolute atomic E-state index is 0.358. The Balaban J connectivity index is 2.22. The van der Waals surface area contributed by atoms with Gasteiger partial charge in [-0.2, -0.15) is 11.8 Å². The molecule has 1 aliphatic carbocycles. The standard InChI is InChI=1S/C8H15NS/c1-10-5-4-7-2-3-8(9)6-7/h6,8H,2-5,9H2,1H3. The minimum atomic E-state index is 0.358. The van der Waals surface area contributed by atoms with Crippen LogP contribution in [0.25, 0.3) is 0 Å². The van der Waals surface area contributed by atoms with Crippen LogP contribution in [0.15, 0.2) is 11.6 Å². The Morgan fingerprint density at radius 1 is 1.80 bits per heavy atom. The summed E-state index contributed by atoms with van der Waals surface area (Å²) in [6.45, 7) is 0. The molecule has 0 amide bonds. The van der Waals surface area contributed by atoms with Gasteiger partial charge < -0.3 is 5.73 Å². The van der Waals surface area contributed by atoms with E-state index in [0.717, 1.165) is 0 Å². The van der Waals surface area contributed by atoms with Crippen molar-refractivity contribution in [3.8, 4) is 0 Å².